The topological polar surface area (TPSA) is 81.4 Å². The molecule has 0 spiro atoms. The molecule has 3 rings (SSSR count). The molecule has 0 saturated carbocycles. The van der Waals surface area contributed by atoms with Crippen LogP contribution in [0.5, 0.6) is 5.75 Å². The summed E-state index contributed by atoms with van der Waals surface area (Å²) in [7, 11) is 0. The number of amides is 2. The monoisotopic (exact) mass is 378 g/mol. The first-order valence-electron chi connectivity index (χ1n) is 8.17. The van der Waals surface area contributed by atoms with Crippen LogP contribution in [-0.4, -0.2) is 18.4 Å². The number of primary amides is 1. The standard InChI is InChI=1S/C18H19ClN2O3S/c19-11-5-4-6-12(9-11)24-10-15(22)21-18-16(17(20)23)13-7-2-1-3-8-14(13)25-18/h4-6,9H,1-3,7-8,10H2,(H2,20,23)(H,21,22). The first-order chi connectivity index (χ1) is 12.0. The van der Waals surface area contributed by atoms with Crippen LogP contribution >= 0.6 is 22.9 Å². The zero-order chi connectivity index (χ0) is 17.8. The van der Waals surface area contributed by atoms with Gasteiger partial charge in [-0.15, -0.1) is 11.3 Å². The number of ether oxygens (including phenoxy) is 1. The van der Waals surface area contributed by atoms with E-state index in [0.29, 0.717) is 21.3 Å². The molecule has 0 aliphatic heterocycles. The number of thiophene rings is 1. The molecule has 25 heavy (non-hydrogen) atoms. The molecule has 2 amide bonds. The van der Waals surface area contributed by atoms with Crippen molar-refractivity contribution in [2.75, 3.05) is 11.9 Å². The molecule has 0 radical (unpaired) electrons. The number of anilines is 1. The molecule has 5 nitrogen and oxygen atoms in total. The number of nitrogens with one attached hydrogen (secondary N) is 1. The number of aryl methyl sites for hydroxylation is 1. The van der Waals surface area contributed by atoms with Gasteiger partial charge in [-0.1, -0.05) is 24.1 Å². The summed E-state index contributed by atoms with van der Waals surface area (Å²) in [5.41, 5.74) is 7.02. The van der Waals surface area contributed by atoms with Crippen LogP contribution < -0.4 is 15.8 Å². The number of carbonyl (C=O) groups is 2. The minimum Gasteiger partial charge on any atom is -0.484 e. The van der Waals surface area contributed by atoms with E-state index in [1.165, 1.54) is 11.3 Å². The van der Waals surface area contributed by atoms with E-state index in [2.05, 4.69) is 5.32 Å². The van der Waals surface area contributed by atoms with Crippen LogP contribution in [-0.2, 0) is 17.6 Å². The third-order valence-corrected chi connectivity index (χ3v) is 5.53. The molecule has 3 N–H and O–H groups in total. The minimum absolute atomic E-state index is 0.166. The Kier molecular flexibility index (Phi) is 5.60. The van der Waals surface area contributed by atoms with Crippen LogP contribution in [0.3, 0.4) is 0 Å². The van der Waals surface area contributed by atoms with Gasteiger partial charge in [-0.25, -0.2) is 0 Å². The van der Waals surface area contributed by atoms with Gasteiger partial charge in [0.2, 0.25) is 0 Å². The number of carbonyl (C=O) groups excluding carboxylic acids is 2. The molecule has 1 heterocycles. The van der Waals surface area contributed by atoms with Crippen molar-refractivity contribution in [3.8, 4) is 5.75 Å². The van der Waals surface area contributed by atoms with E-state index in [0.717, 1.165) is 42.5 Å². The highest BCUT2D eigenvalue weighted by Gasteiger charge is 2.24. The Hall–Kier alpha value is -2.05. The molecule has 1 aliphatic rings. The molecule has 7 heteroatoms. The summed E-state index contributed by atoms with van der Waals surface area (Å²) in [5, 5.41) is 3.84. The van der Waals surface area contributed by atoms with Gasteiger partial charge in [0, 0.05) is 9.90 Å². The van der Waals surface area contributed by atoms with Crippen LogP contribution in [0.4, 0.5) is 5.00 Å². The van der Waals surface area contributed by atoms with Gasteiger partial charge in [0.1, 0.15) is 10.8 Å². The Morgan fingerprint density at radius 3 is 2.80 bits per heavy atom. The maximum absolute atomic E-state index is 12.2. The zero-order valence-corrected chi connectivity index (χ0v) is 15.2. The Labute approximate surface area is 155 Å². The number of benzene rings is 1. The average Bonchev–Trinajstić information content (AvgIpc) is 2.74. The number of fused-ring (bicyclic) bond motifs is 1. The average molecular weight is 379 g/mol. The number of rotatable bonds is 5. The van der Waals surface area contributed by atoms with E-state index < -0.39 is 5.91 Å². The number of hydrogen-bond acceptors (Lipinski definition) is 4. The van der Waals surface area contributed by atoms with Crippen LogP contribution in [0.2, 0.25) is 5.02 Å². The van der Waals surface area contributed by atoms with Crippen molar-refractivity contribution >= 4 is 39.8 Å². The van der Waals surface area contributed by atoms with Crippen molar-refractivity contribution in [2.45, 2.75) is 32.1 Å². The van der Waals surface area contributed by atoms with Gasteiger partial charge in [-0.05, 0) is 49.4 Å². The molecule has 0 bridgehead atoms. The van der Waals surface area contributed by atoms with Crippen molar-refractivity contribution in [1.82, 2.24) is 0 Å². The van der Waals surface area contributed by atoms with Crippen LogP contribution in [0.15, 0.2) is 24.3 Å². The van der Waals surface area contributed by atoms with Gasteiger partial charge in [0.25, 0.3) is 11.8 Å². The van der Waals surface area contributed by atoms with Crippen molar-refractivity contribution < 1.29 is 14.3 Å². The summed E-state index contributed by atoms with van der Waals surface area (Å²) >= 11 is 7.33. The Morgan fingerprint density at radius 1 is 1.24 bits per heavy atom. The second-order valence-corrected chi connectivity index (χ2v) is 7.47. The van der Waals surface area contributed by atoms with Crippen molar-refractivity contribution in [3.63, 3.8) is 0 Å². The predicted octanol–water partition coefficient (Wildman–Crippen LogP) is 3.79. The van der Waals surface area contributed by atoms with Gasteiger partial charge in [0.05, 0.1) is 5.56 Å². The highest BCUT2D eigenvalue weighted by molar-refractivity contribution is 7.17. The van der Waals surface area contributed by atoms with Gasteiger partial charge in [0.15, 0.2) is 6.61 Å². The maximum Gasteiger partial charge on any atom is 0.262 e. The van der Waals surface area contributed by atoms with Crippen LogP contribution in [0, 0.1) is 0 Å². The Morgan fingerprint density at radius 2 is 2.04 bits per heavy atom. The molecule has 0 saturated heterocycles. The molecule has 132 valence electrons. The zero-order valence-electron chi connectivity index (χ0n) is 13.6. The lowest BCUT2D eigenvalue weighted by Gasteiger charge is -2.08. The van der Waals surface area contributed by atoms with E-state index in [1.807, 2.05) is 0 Å². The number of halogens is 1. The smallest absolute Gasteiger partial charge is 0.262 e. The fraction of sp³-hybridized carbons (Fsp3) is 0.333. The molecular formula is C18H19ClN2O3S. The highest BCUT2D eigenvalue weighted by atomic mass is 35.5. The lowest BCUT2D eigenvalue weighted by atomic mass is 10.1. The second-order valence-electron chi connectivity index (χ2n) is 5.93. The summed E-state index contributed by atoms with van der Waals surface area (Å²) in [6.45, 7) is -0.166. The molecule has 2 aromatic rings. The van der Waals surface area contributed by atoms with Crippen LogP contribution in [0.1, 0.15) is 40.1 Å². The van der Waals surface area contributed by atoms with Crippen molar-refractivity contribution in [2.24, 2.45) is 5.73 Å². The molecule has 0 atom stereocenters. The Bertz CT molecular complexity index is 804. The van der Waals surface area contributed by atoms with E-state index in [4.69, 9.17) is 22.1 Å². The number of nitrogens with two attached hydrogens (primary N) is 1. The van der Waals surface area contributed by atoms with E-state index >= 15 is 0 Å². The predicted molar refractivity (Wildman–Crippen MR) is 99.7 cm³/mol. The summed E-state index contributed by atoms with van der Waals surface area (Å²) < 4.78 is 5.44. The van der Waals surface area contributed by atoms with E-state index in [1.54, 1.807) is 24.3 Å². The SMILES string of the molecule is NC(=O)c1c(NC(=O)COc2cccc(Cl)c2)sc2c1CCCCC2. The van der Waals surface area contributed by atoms with Gasteiger partial charge in [-0.3, -0.25) is 9.59 Å². The second kappa shape index (κ2) is 7.89. The number of hydrogen-bond donors (Lipinski definition) is 2. The molecular weight excluding hydrogens is 360 g/mol. The first kappa shape index (κ1) is 17.8. The fourth-order valence-electron chi connectivity index (χ4n) is 2.96. The molecule has 0 fully saturated rings. The van der Waals surface area contributed by atoms with Crippen molar-refractivity contribution in [3.05, 3.63) is 45.3 Å². The third-order valence-electron chi connectivity index (χ3n) is 4.09. The summed E-state index contributed by atoms with van der Waals surface area (Å²) in [4.78, 5) is 25.3. The Balaban J connectivity index is 1.71. The molecule has 1 aromatic carbocycles. The maximum atomic E-state index is 12.2. The quantitative estimate of drug-likeness (QED) is 0.776. The molecule has 1 aliphatic carbocycles. The van der Waals surface area contributed by atoms with Crippen molar-refractivity contribution in [1.29, 1.82) is 0 Å². The lowest BCUT2D eigenvalue weighted by molar-refractivity contribution is -0.118. The minimum atomic E-state index is -0.495. The fourth-order valence-corrected chi connectivity index (χ4v) is 4.45. The normalized spacial score (nSPS) is 13.6. The van der Waals surface area contributed by atoms with Gasteiger partial charge < -0.3 is 15.8 Å². The summed E-state index contributed by atoms with van der Waals surface area (Å²) in [6, 6.07) is 6.84. The van der Waals surface area contributed by atoms with Gasteiger partial charge in [-0.2, -0.15) is 0 Å². The molecule has 1 aromatic heterocycles. The summed E-state index contributed by atoms with van der Waals surface area (Å²) in [6.07, 6.45) is 5.04. The van der Waals surface area contributed by atoms with E-state index in [-0.39, 0.29) is 12.5 Å². The lowest BCUT2D eigenvalue weighted by Crippen LogP contribution is -2.22. The van der Waals surface area contributed by atoms with Gasteiger partial charge >= 0.3 is 0 Å². The third kappa shape index (κ3) is 4.32. The summed E-state index contributed by atoms with van der Waals surface area (Å²) in [5.74, 6) is -0.316. The van der Waals surface area contributed by atoms with Crippen LogP contribution in [0.25, 0.3) is 0 Å². The molecule has 0 unspecified atom stereocenters. The first-order valence-corrected chi connectivity index (χ1v) is 9.36. The van der Waals surface area contributed by atoms with E-state index in [9.17, 15) is 9.59 Å². The largest absolute Gasteiger partial charge is 0.484 e. The highest BCUT2D eigenvalue weighted by Crippen LogP contribution is 2.37.